The highest BCUT2D eigenvalue weighted by atomic mass is 16.5. The highest BCUT2D eigenvalue weighted by molar-refractivity contribution is 6.08. The first-order valence-corrected chi connectivity index (χ1v) is 8.01. The van der Waals surface area contributed by atoms with Gasteiger partial charge in [0.15, 0.2) is 11.5 Å². The normalized spacial score (nSPS) is 10.0. The van der Waals surface area contributed by atoms with Crippen molar-refractivity contribution in [2.45, 2.75) is 13.3 Å². The number of amides is 1. The highest BCUT2D eigenvalue weighted by Crippen LogP contribution is 2.33. The molecule has 2 aromatic rings. The fourth-order valence-corrected chi connectivity index (χ4v) is 2.26. The lowest BCUT2D eigenvalue weighted by molar-refractivity contribution is -0.134. The standard InChI is InChI=1S/C19H19NO7/c1-4-17(21)27-12-7-5-6-11(8-12)18(22)20-14-10-16(26-3)15(25-2)9-13(14)19(23)24/h5-10H,4H2,1-3H3,(H,20,22)(H,23,24). The van der Waals surface area contributed by atoms with Crippen molar-refractivity contribution >= 4 is 23.5 Å². The number of esters is 1. The van der Waals surface area contributed by atoms with Crippen LogP contribution in [0.2, 0.25) is 0 Å². The van der Waals surface area contributed by atoms with E-state index in [0.717, 1.165) is 0 Å². The van der Waals surface area contributed by atoms with Crippen molar-refractivity contribution in [1.29, 1.82) is 0 Å². The van der Waals surface area contributed by atoms with Gasteiger partial charge in [-0.1, -0.05) is 13.0 Å². The average Bonchev–Trinajstić information content (AvgIpc) is 2.67. The Morgan fingerprint density at radius 3 is 2.30 bits per heavy atom. The van der Waals surface area contributed by atoms with E-state index in [9.17, 15) is 19.5 Å². The van der Waals surface area contributed by atoms with E-state index in [1.54, 1.807) is 19.1 Å². The Kier molecular flexibility index (Phi) is 6.37. The van der Waals surface area contributed by atoms with E-state index < -0.39 is 17.8 Å². The zero-order chi connectivity index (χ0) is 20.0. The summed E-state index contributed by atoms with van der Waals surface area (Å²) in [5, 5.41) is 11.9. The largest absolute Gasteiger partial charge is 0.493 e. The molecule has 0 unspecified atom stereocenters. The van der Waals surface area contributed by atoms with Crippen LogP contribution >= 0.6 is 0 Å². The van der Waals surface area contributed by atoms with Crippen LogP contribution in [0.3, 0.4) is 0 Å². The fraction of sp³-hybridized carbons (Fsp3) is 0.211. The number of hydrogen-bond acceptors (Lipinski definition) is 6. The molecule has 8 heteroatoms. The van der Waals surface area contributed by atoms with Crippen molar-refractivity contribution in [1.82, 2.24) is 0 Å². The van der Waals surface area contributed by atoms with Crippen LogP contribution in [-0.2, 0) is 4.79 Å². The summed E-state index contributed by atoms with van der Waals surface area (Å²) >= 11 is 0. The molecule has 2 aromatic carbocycles. The molecule has 0 fully saturated rings. The van der Waals surface area contributed by atoms with E-state index in [1.165, 1.54) is 38.5 Å². The van der Waals surface area contributed by atoms with Crippen LogP contribution in [-0.4, -0.2) is 37.2 Å². The summed E-state index contributed by atoms with van der Waals surface area (Å²) < 4.78 is 15.3. The van der Waals surface area contributed by atoms with Gasteiger partial charge in [-0.2, -0.15) is 0 Å². The zero-order valence-electron chi connectivity index (χ0n) is 15.1. The maximum Gasteiger partial charge on any atom is 0.337 e. The first-order chi connectivity index (χ1) is 12.9. The number of carboxylic acids is 1. The van der Waals surface area contributed by atoms with Gasteiger partial charge in [0.1, 0.15) is 5.75 Å². The molecular formula is C19H19NO7. The number of carbonyl (C=O) groups is 3. The van der Waals surface area contributed by atoms with Crippen LogP contribution in [0.4, 0.5) is 5.69 Å². The molecular weight excluding hydrogens is 354 g/mol. The van der Waals surface area contributed by atoms with E-state index in [4.69, 9.17) is 14.2 Å². The first kappa shape index (κ1) is 19.8. The molecule has 0 spiro atoms. The Morgan fingerprint density at radius 1 is 1.04 bits per heavy atom. The third kappa shape index (κ3) is 4.75. The van der Waals surface area contributed by atoms with Gasteiger partial charge in [0.25, 0.3) is 5.91 Å². The van der Waals surface area contributed by atoms with E-state index in [-0.39, 0.29) is 40.5 Å². The third-order valence-electron chi connectivity index (χ3n) is 3.62. The molecule has 0 aliphatic heterocycles. The SMILES string of the molecule is CCC(=O)Oc1cccc(C(=O)Nc2cc(OC)c(OC)cc2C(=O)O)c1. The lowest BCUT2D eigenvalue weighted by Gasteiger charge is -2.14. The first-order valence-electron chi connectivity index (χ1n) is 8.01. The van der Waals surface area contributed by atoms with Crippen molar-refractivity contribution in [3.8, 4) is 17.2 Å². The van der Waals surface area contributed by atoms with Crippen molar-refractivity contribution < 1.29 is 33.7 Å². The van der Waals surface area contributed by atoms with E-state index in [2.05, 4.69) is 5.32 Å². The number of carbonyl (C=O) groups excluding carboxylic acids is 2. The number of methoxy groups -OCH3 is 2. The molecule has 0 heterocycles. The summed E-state index contributed by atoms with van der Waals surface area (Å²) in [7, 11) is 2.78. The van der Waals surface area contributed by atoms with Gasteiger partial charge in [0.05, 0.1) is 25.5 Å². The Labute approximate surface area is 155 Å². The Balaban J connectivity index is 2.33. The van der Waals surface area contributed by atoms with Gasteiger partial charge in [-0.3, -0.25) is 9.59 Å². The Morgan fingerprint density at radius 2 is 1.70 bits per heavy atom. The molecule has 0 aliphatic carbocycles. The monoisotopic (exact) mass is 373 g/mol. The predicted molar refractivity (Wildman–Crippen MR) is 96.8 cm³/mol. The van der Waals surface area contributed by atoms with Gasteiger partial charge >= 0.3 is 11.9 Å². The van der Waals surface area contributed by atoms with E-state index in [0.29, 0.717) is 0 Å². The zero-order valence-corrected chi connectivity index (χ0v) is 15.1. The minimum atomic E-state index is -1.24. The number of hydrogen-bond donors (Lipinski definition) is 2. The van der Waals surface area contributed by atoms with Crippen LogP contribution in [0.5, 0.6) is 17.2 Å². The molecule has 0 radical (unpaired) electrons. The summed E-state index contributed by atoms with van der Waals surface area (Å²) in [5.41, 5.74) is 0.0817. The summed E-state index contributed by atoms with van der Waals surface area (Å²) in [6.45, 7) is 1.66. The number of aromatic carboxylic acids is 1. The smallest absolute Gasteiger partial charge is 0.337 e. The minimum Gasteiger partial charge on any atom is -0.493 e. The number of ether oxygens (including phenoxy) is 3. The molecule has 0 saturated carbocycles. The van der Waals surface area contributed by atoms with Crippen LogP contribution in [0, 0.1) is 0 Å². The van der Waals surface area contributed by atoms with Crippen LogP contribution < -0.4 is 19.5 Å². The van der Waals surface area contributed by atoms with Crippen LogP contribution in [0.25, 0.3) is 0 Å². The minimum absolute atomic E-state index is 0.0427. The van der Waals surface area contributed by atoms with Gasteiger partial charge in [-0.05, 0) is 18.2 Å². The molecule has 0 aliphatic rings. The van der Waals surface area contributed by atoms with Gasteiger partial charge < -0.3 is 24.6 Å². The molecule has 2 rings (SSSR count). The number of benzene rings is 2. The van der Waals surface area contributed by atoms with Crippen LogP contribution in [0.1, 0.15) is 34.1 Å². The second kappa shape index (κ2) is 8.70. The summed E-state index contributed by atoms with van der Waals surface area (Å²) in [5.74, 6) is -1.53. The third-order valence-corrected chi connectivity index (χ3v) is 3.62. The number of rotatable bonds is 7. The Hall–Kier alpha value is -3.55. The maximum atomic E-state index is 12.5. The molecule has 142 valence electrons. The molecule has 0 atom stereocenters. The molecule has 0 aromatic heterocycles. The van der Waals surface area contributed by atoms with Gasteiger partial charge in [-0.15, -0.1) is 0 Å². The molecule has 27 heavy (non-hydrogen) atoms. The summed E-state index contributed by atoms with van der Waals surface area (Å²) in [4.78, 5) is 35.4. The van der Waals surface area contributed by atoms with Crippen LogP contribution in [0.15, 0.2) is 36.4 Å². The lowest BCUT2D eigenvalue weighted by atomic mass is 10.1. The van der Waals surface area contributed by atoms with Gasteiger partial charge in [0, 0.05) is 24.1 Å². The number of nitrogens with one attached hydrogen (secondary N) is 1. The quantitative estimate of drug-likeness (QED) is 0.567. The molecule has 2 N–H and O–H groups in total. The summed E-state index contributed by atoms with van der Waals surface area (Å²) in [6.07, 6.45) is 0.198. The molecule has 8 nitrogen and oxygen atoms in total. The lowest BCUT2D eigenvalue weighted by Crippen LogP contribution is -2.15. The molecule has 0 bridgehead atoms. The summed E-state index contributed by atoms with van der Waals surface area (Å²) in [6, 6.07) is 8.63. The van der Waals surface area contributed by atoms with E-state index in [1.807, 2.05) is 0 Å². The van der Waals surface area contributed by atoms with Crippen molar-refractivity contribution in [2.24, 2.45) is 0 Å². The number of anilines is 1. The topological polar surface area (TPSA) is 111 Å². The second-order valence-corrected chi connectivity index (χ2v) is 5.37. The molecule has 1 amide bonds. The van der Waals surface area contributed by atoms with Crippen molar-refractivity contribution in [2.75, 3.05) is 19.5 Å². The highest BCUT2D eigenvalue weighted by Gasteiger charge is 2.19. The van der Waals surface area contributed by atoms with E-state index >= 15 is 0 Å². The fourth-order valence-electron chi connectivity index (χ4n) is 2.26. The van der Waals surface area contributed by atoms with Crippen molar-refractivity contribution in [3.63, 3.8) is 0 Å². The van der Waals surface area contributed by atoms with Crippen molar-refractivity contribution in [3.05, 3.63) is 47.5 Å². The maximum absolute atomic E-state index is 12.5. The Bertz CT molecular complexity index is 876. The average molecular weight is 373 g/mol. The van der Waals surface area contributed by atoms with Gasteiger partial charge in [0.2, 0.25) is 0 Å². The second-order valence-electron chi connectivity index (χ2n) is 5.37. The predicted octanol–water partition coefficient (Wildman–Crippen LogP) is 2.97. The van der Waals surface area contributed by atoms with Gasteiger partial charge in [-0.25, -0.2) is 4.79 Å². The number of carboxylic acid groups (broad SMARTS) is 1. The molecule has 0 saturated heterocycles.